The molecule has 1 aromatic rings. The van der Waals surface area contributed by atoms with Crippen molar-refractivity contribution in [2.45, 2.75) is 39.0 Å². The molecule has 108 valence electrons. The van der Waals surface area contributed by atoms with E-state index in [4.69, 9.17) is 5.73 Å². The predicted octanol–water partition coefficient (Wildman–Crippen LogP) is 2.25. The lowest BCUT2D eigenvalue weighted by Crippen LogP contribution is -2.37. The molecule has 0 atom stereocenters. The normalized spacial score (nSPS) is 16.4. The molecule has 0 aromatic heterocycles. The van der Waals surface area contributed by atoms with Gasteiger partial charge >= 0.3 is 0 Å². The number of anilines is 1. The average Bonchev–Trinajstić information content (AvgIpc) is 2.64. The van der Waals surface area contributed by atoms with E-state index < -0.39 is 5.41 Å². The third-order valence-corrected chi connectivity index (χ3v) is 3.97. The second-order valence-corrected chi connectivity index (χ2v) is 5.73. The topological polar surface area (TPSA) is 63.4 Å². The number of carbonyl (C=O) groups excluding carboxylic acids is 2. The van der Waals surface area contributed by atoms with Gasteiger partial charge in [-0.15, -0.1) is 0 Å². The molecular weight excluding hydrogens is 252 g/mol. The number of carbonyl (C=O) groups is 2. The number of Topliss-reactive ketones (excluding diaryl/α,β-unsaturated/α-hetero) is 1. The van der Waals surface area contributed by atoms with Crippen molar-refractivity contribution in [3.8, 4) is 0 Å². The summed E-state index contributed by atoms with van der Waals surface area (Å²) in [5.74, 6) is 0.193. The lowest BCUT2D eigenvalue weighted by atomic mass is 9.85. The molecule has 4 nitrogen and oxygen atoms in total. The van der Waals surface area contributed by atoms with Crippen LogP contribution in [0, 0.1) is 0 Å². The molecular formula is C16H22N2O2. The molecule has 0 unspecified atom stereocenters. The van der Waals surface area contributed by atoms with Crippen LogP contribution in [0.1, 0.15) is 49.5 Å². The van der Waals surface area contributed by atoms with E-state index in [1.165, 1.54) is 0 Å². The molecule has 1 amide bonds. The third kappa shape index (κ3) is 2.24. The molecule has 0 saturated carbocycles. The smallest absolute Gasteiger partial charge is 0.237 e. The van der Waals surface area contributed by atoms with E-state index in [2.05, 4.69) is 0 Å². The predicted molar refractivity (Wildman–Crippen MR) is 80.1 cm³/mol. The van der Waals surface area contributed by atoms with Crippen LogP contribution in [0.2, 0.25) is 0 Å². The number of rotatable bonds is 5. The molecule has 0 spiro atoms. The lowest BCUT2D eigenvalue weighted by Gasteiger charge is -2.20. The standard InChI is InChI=1S/C16H22N2O2/c1-4-14(19)11-6-7-13-12(10-11)16(2,3)15(20)18(13)9-5-8-17/h6-7,10H,4-5,8-9,17H2,1-3H3. The van der Waals surface area contributed by atoms with Gasteiger partial charge in [0.25, 0.3) is 0 Å². The van der Waals surface area contributed by atoms with Crippen LogP contribution in [0.25, 0.3) is 0 Å². The summed E-state index contributed by atoms with van der Waals surface area (Å²) in [4.78, 5) is 26.2. The first-order valence-electron chi connectivity index (χ1n) is 7.13. The number of benzene rings is 1. The molecule has 1 aliphatic rings. The molecule has 1 aliphatic heterocycles. The van der Waals surface area contributed by atoms with Gasteiger partial charge in [-0.1, -0.05) is 6.92 Å². The number of hydrogen-bond acceptors (Lipinski definition) is 3. The summed E-state index contributed by atoms with van der Waals surface area (Å²) in [7, 11) is 0. The van der Waals surface area contributed by atoms with Gasteiger partial charge in [-0.05, 0) is 50.6 Å². The second-order valence-electron chi connectivity index (χ2n) is 5.73. The number of fused-ring (bicyclic) bond motifs is 1. The molecule has 2 rings (SSSR count). The maximum absolute atomic E-state index is 12.5. The molecule has 1 aromatic carbocycles. The van der Waals surface area contributed by atoms with Crippen LogP contribution in [0.3, 0.4) is 0 Å². The first kappa shape index (κ1) is 14.7. The minimum absolute atomic E-state index is 0.0852. The van der Waals surface area contributed by atoms with Crippen LogP contribution in [0.4, 0.5) is 5.69 Å². The van der Waals surface area contributed by atoms with Gasteiger partial charge in [-0.25, -0.2) is 0 Å². The van der Waals surface area contributed by atoms with Crippen LogP contribution in [0.15, 0.2) is 18.2 Å². The van der Waals surface area contributed by atoms with Crippen molar-refractivity contribution in [1.29, 1.82) is 0 Å². The maximum Gasteiger partial charge on any atom is 0.237 e. The van der Waals surface area contributed by atoms with Gasteiger partial charge in [0.05, 0.1) is 5.41 Å². The molecule has 1 heterocycles. The van der Waals surface area contributed by atoms with Crippen molar-refractivity contribution < 1.29 is 9.59 Å². The van der Waals surface area contributed by atoms with Gasteiger partial charge in [0, 0.05) is 24.2 Å². The molecule has 0 fully saturated rings. The van der Waals surface area contributed by atoms with Crippen molar-refractivity contribution in [3.05, 3.63) is 29.3 Å². The summed E-state index contributed by atoms with van der Waals surface area (Å²) in [5.41, 5.74) is 7.51. The molecule has 4 heteroatoms. The molecule has 20 heavy (non-hydrogen) atoms. The third-order valence-electron chi connectivity index (χ3n) is 3.97. The largest absolute Gasteiger partial charge is 0.330 e. The van der Waals surface area contributed by atoms with Crippen molar-refractivity contribution >= 4 is 17.4 Å². The molecule has 0 bridgehead atoms. The number of ketones is 1. The van der Waals surface area contributed by atoms with Crippen molar-refractivity contribution in [3.63, 3.8) is 0 Å². The monoisotopic (exact) mass is 274 g/mol. The Balaban J connectivity index is 2.45. The van der Waals surface area contributed by atoms with E-state index in [0.29, 0.717) is 25.1 Å². The number of hydrogen-bond donors (Lipinski definition) is 1. The summed E-state index contributed by atoms with van der Waals surface area (Å²) in [6, 6.07) is 5.58. The Bertz CT molecular complexity index is 549. The van der Waals surface area contributed by atoms with E-state index in [1.54, 1.807) is 4.90 Å². The summed E-state index contributed by atoms with van der Waals surface area (Å²) in [6.45, 7) is 6.87. The quantitative estimate of drug-likeness (QED) is 0.838. The van der Waals surface area contributed by atoms with E-state index in [-0.39, 0.29) is 11.7 Å². The number of nitrogens with two attached hydrogens (primary N) is 1. The minimum Gasteiger partial charge on any atom is -0.330 e. The Morgan fingerprint density at radius 1 is 1.35 bits per heavy atom. The van der Waals surface area contributed by atoms with Crippen molar-refractivity contribution in [2.24, 2.45) is 5.73 Å². The highest BCUT2D eigenvalue weighted by molar-refractivity contribution is 6.08. The second kappa shape index (κ2) is 5.37. The van der Waals surface area contributed by atoms with E-state index in [9.17, 15) is 9.59 Å². The minimum atomic E-state index is -0.575. The fourth-order valence-corrected chi connectivity index (χ4v) is 2.68. The van der Waals surface area contributed by atoms with Gasteiger partial charge in [-0.2, -0.15) is 0 Å². The first-order valence-corrected chi connectivity index (χ1v) is 7.13. The lowest BCUT2D eigenvalue weighted by molar-refractivity contribution is -0.122. The van der Waals surface area contributed by atoms with Gasteiger partial charge < -0.3 is 10.6 Å². The highest BCUT2D eigenvalue weighted by Gasteiger charge is 2.43. The maximum atomic E-state index is 12.5. The molecule has 0 radical (unpaired) electrons. The zero-order valence-electron chi connectivity index (χ0n) is 12.4. The summed E-state index contributed by atoms with van der Waals surface area (Å²) in [5, 5.41) is 0. The number of amides is 1. The van der Waals surface area contributed by atoms with Crippen LogP contribution < -0.4 is 10.6 Å². The van der Waals surface area contributed by atoms with Crippen LogP contribution in [0.5, 0.6) is 0 Å². The summed E-state index contributed by atoms with van der Waals surface area (Å²) >= 11 is 0. The van der Waals surface area contributed by atoms with Gasteiger partial charge in [0.1, 0.15) is 0 Å². The van der Waals surface area contributed by atoms with Crippen LogP contribution in [-0.4, -0.2) is 24.8 Å². The van der Waals surface area contributed by atoms with Crippen molar-refractivity contribution in [2.75, 3.05) is 18.0 Å². The molecule has 0 saturated heterocycles. The first-order chi connectivity index (χ1) is 9.43. The fraction of sp³-hybridized carbons (Fsp3) is 0.500. The fourth-order valence-electron chi connectivity index (χ4n) is 2.68. The molecule has 2 N–H and O–H groups in total. The van der Waals surface area contributed by atoms with Gasteiger partial charge in [0.15, 0.2) is 5.78 Å². The van der Waals surface area contributed by atoms with E-state index >= 15 is 0 Å². The van der Waals surface area contributed by atoms with E-state index in [0.717, 1.165) is 17.7 Å². The Morgan fingerprint density at radius 2 is 2.05 bits per heavy atom. The average molecular weight is 274 g/mol. The Labute approximate surface area is 119 Å². The van der Waals surface area contributed by atoms with Gasteiger partial charge in [0.2, 0.25) is 5.91 Å². The van der Waals surface area contributed by atoms with Gasteiger partial charge in [-0.3, -0.25) is 9.59 Å². The Morgan fingerprint density at radius 3 is 2.65 bits per heavy atom. The Kier molecular flexibility index (Phi) is 3.95. The highest BCUT2D eigenvalue weighted by Crippen LogP contribution is 2.42. The van der Waals surface area contributed by atoms with Crippen molar-refractivity contribution in [1.82, 2.24) is 0 Å². The summed E-state index contributed by atoms with van der Waals surface area (Å²) in [6.07, 6.45) is 1.25. The van der Waals surface area contributed by atoms with E-state index in [1.807, 2.05) is 39.0 Å². The Hall–Kier alpha value is -1.68. The number of nitrogens with zero attached hydrogens (tertiary/aromatic N) is 1. The van der Waals surface area contributed by atoms with Crippen LogP contribution in [-0.2, 0) is 10.2 Å². The molecule has 0 aliphatic carbocycles. The SMILES string of the molecule is CCC(=O)c1ccc2c(c1)C(C)(C)C(=O)N2CCCN. The highest BCUT2D eigenvalue weighted by atomic mass is 16.2. The zero-order chi connectivity index (χ0) is 14.9. The van der Waals surface area contributed by atoms with Crippen LogP contribution >= 0.6 is 0 Å². The summed E-state index contributed by atoms with van der Waals surface area (Å²) < 4.78 is 0. The zero-order valence-corrected chi connectivity index (χ0v) is 12.4.